The normalized spacial score (nSPS) is 17.5. The summed E-state index contributed by atoms with van der Waals surface area (Å²) < 4.78 is 4.15. The van der Waals surface area contributed by atoms with E-state index in [1.54, 1.807) is 6.07 Å². The molecule has 1 atom stereocenters. The van der Waals surface area contributed by atoms with Gasteiger partial charge in [0.1, 0.15) is 0 Å². The number of hydrogen-bond acceptors (Lipinski definition) is 3. The lowest BCUT2D eigenvalue weighted by Gasteiger charge is -2.22. The van der Waals surface area contributed by atoms with Crippen LogP contribution in [0.25, 0.3) is 10.9 Å². The van der Waals surface area contributed by atoms with E-state index in [1.807, 2.05) is 23.0 Å². The minimum atomic E-state index is -0.167. The third-order valence-electron chi connectivity index (χ3n) is 4.98. The van der Waals surface area contributed by atoms with Crippen molar-refractivity contribution in [2.45, 2.75) is 38.8 Å². The minimum absolute atomic E-state index is 0.167. The van der Waals surface area contributed by atoms with Gasteiger partial charge in [0.05, 0.1) is 6.04 Å². The first-order valence-electron chi connectivity index (χ1n) is 9.40. The Morgan fingerprint density at radius 3 is 3.04 bits per heavy atom. The maximum atomic E-state index is 12.5. The van der Waals surface area contributed by atoms with Crippen molar-refractivity contribution < 1.29 is 4.79 Å². The van der Waals surface area contributed by atoms with E-state index in [4.69, 9.17) is 0 Å². The van der Waals surface area contributed by atoms with Crippen molar-refractivity contribution in [3.05, 3.63) is 48.4 Å². The molecule has 3 aromatic rings. The highest BCUT2D eigenvalue weighted by atomic mass is 16.1. The Bertz CT molecular complexity index is 904. The summed E-state index contributed by atoms with van der Waals surface area (Å²) in [5.41, 5.74) is 2.45. The molecule has 3 heterocycles. The number of amides is 1. The SMILES string of the molecule is CCCn1ccc2cc(NC(=O)c3ccn(C4CCCNC4)n3)ccc21. The molecule has 0 bridgehead atoms. The monoisotopic (exact) mass is 351 g/mol. The first-order valence-corrected chi connectivity index (χ1v) is 9.40. The van der Waals surface area contributed by atoms with Gasteiger partial charge >= 0.3 is 0 Å². The summed E-state index contributed by atoms with van der Waals surface area (Å²) in [6.07, 6.45) is 7.34. The minimum Gasteiger partial charge on any atom is -0.347 e. The number of benzene rings is 1. The molecule has 1 saturated heterocycles. The number of rotatable bonds is 5. The van der Waals surface area contributed by atoms with E-state index >= 15 is 0 Å². The number of hydrogen-bond donors (Lipinski definition) is 2. The van der Waals surface area contributed by atoms with Gasteiger partial charge < -0.3 is 15.2 Å². The van der Waals surface area contributed by atoms with Gasteiger partial charge in [-0.2, -0.15) is 5.10 Å². The van der Waals surface area contributed by atoms with Crippen LogP contribution in [0.3, 0.4) is 0 Å². The van der Waals surface area contributed by atoms with Crippen molar-refractivity contribution in [2.24, 2.45) is 0 Å². The Kier molecular flexibility index (Phi) is 4.75. The highest BCUT2D eigenvalue weighted by molar-refractivity contribution is 6.03. The quantitative estimate of drug-likeness (QED) is 0.740. The second-order valence-electron chi connectivity index (χ2n) is 6.92. The number of carbonyl (C=O) groups excluding carboxylic acids is 1. The molecule has 0 radical (unpaired) electrons. The van der Waals surface area contributed by atoms with Crippen molar-refractivity contribution >= 4 is 22.5 Å². The molecule has 2 N–H and O–H groups in total. The number of nitrogens with one attached hydrogen (secondary N) is 2. The molecule has 1 amide bonds. The van der Waals surface area contributed by atoms with E-state index in [2.05, 4.69) is 45.6 Å². The topological polar surface area (TPSA) is 63.9 Å². The number of aromatic nitrogens is 3. The summed E-state index contributed by atoms with van der Waals surface area (Å²) in [6, 6.07) is 10.2. The van der Waals surface area contributed by atoms with Crippen LogP contribution in [0.5, 0.6) is 0 Å². The van der Waals surface area contributed by atoms with Crippen LogP contribution in [0.2, 0.25) is 0 Å². The maximum absolute atomic E-state index is 12.5. The van der Waals surface area contributed by atoms with E-state index in [0.29, 0.717) is 11.7 Å². The van der Waals surface area contributed by atoms with Crippen molar-refractivity contribution in [3.63, 3.8) is 0 Å². The van der Waals surface area contributed by atoms with Gasteiger partial charge in [-0.15, -0.1) is 0 Å². The average Bonchev–Trinajstić information content (AvgIpc) is 3.30. The predicted molar refractivity (Wildman–Crippen MR) is 104 cm³/mol. The Morgan fingerprint density at radius 2 is 2.23 bits per heavy atom. The molecule has 6 nitrogen and oxygen atoms in total. The lowest BCUT2D eigenvalue weighted by molar-refractivity contribution is 0.102. The maximum Gasteiger partial charge on any atom is 0.276 e. The van der Waals surface area contributed by atoms with Gasteiger partial charge in [0.2, 0.25) is 0 Å². The van der Waals surface area contributed by atoms with Gasteiger partial charge in [0, 0.05) is 42.1 Å². The Labute approximate surface area is 153 Å². The van der Waals surface area contributed by atoms with Crippen LogP contribution in [0.1, 0.15) is 42.7 Å². The lowest BCUT2D eigenvalue weighted by Crippen LogP contribution is -2.32. The lowest BCUT2D eigenvalue weighted by atomic mass is 10.1. The van der Waals surface area contributed by atoms with Crippen molar-refractivity contribution in [3.8, 4) is 0 Å². The number of aryl methyl sites for hydroxylation is 1. The Hall–Kier alpha value is -2.60. The average molecular weight is 351 g/mol. The Balaban J connectivity index is 1.47. The van der Waals surface area contributed by atoms with Crippen molar-refractivity contribution in [1.29, 1.82) is 0 Å². The number of anilines is 1. The fourth-order valence-corrected chi connectivity index (χ4v) is 3.63. The zero-order valence-electron chi connectivity index (χ0n) is 15.1. The number of piperidine rings is 1. The standard InChI is InChI=1S/C20H25N5O/c1-2-10-24-11-7-15-13-16(5-6-19(15)24)22-20(26)18-8-12-25(23-18)17-4-3-9-21-14-17/h5-8,11-13,17,21H,2-4,9-10,14H2,1H3,(H,22,26). The van der Waals surface area contributed by atoms with E-state index < -0.39 is 0 Å². The summed E-state index contributed by atoms with van der Waals surface area (Å²) >= 11 is 0. The largest absolute Gasteiger partial charge is 0.347 e. The van der Waals surface area contributed by atoms with Gasteiger partial charge in [0.25, 0.3) is 5.91 Å². The Morgan fingerprint density at radius 1 is 1.31 bits per heavy atom. The molecule has 4 rings (SSSR count). The van der Waals surface area contributed by atoms with Gasteiger partial charge in [-0.05, 0) is 56.1 Å². The van der Waals surface area contributed by atoms with Crippen LogP contribution in [0, 0.1) is 0 Å². The van der Waals surface area contributed by atoms with Crippen LogP contribution in [-0.2, 0) is 6.54 Å². The summed E-state index contributed by atoms with van der Waals surface area (Å²) in [4.78, 5) is 12.5. The molecule has 26 heavy (non-hydrogen) atoms. The van der Waals surface area contributed by atoms with E-state index in [1.165, 1.54) is 5.52 Å². The highest BCUT2D eigenvalue weighted by Crippen LogP contribution is 2.22. The number of nitrogens with zero attached hydrogens (tertiary/aromatic N) is 3. The molecular formula is C20H25N5O. The smallest absolute Gasteiger partial charge is 0.276 e. The van der Waals surface area contributed by atoms with Gasteiger partial charge in [0.15, 0.2) is 5.69 Å². The second-order valence-corrected chi connectivity index (χ2v) is 6.92. The fraction of sp³-hybridized carbons (Fsp3) is 0.400. The predicted octanol–water partition coefficient (Wildman–Crippen LogP) is 3.42. The molecule has 6 heteroatoms. The van der Waals surface area contributed by atoms with Crippen LogP contribution < -0.4 is 10.6 Å². The number of fused-ring (bicyclic) bond motifs is 1. The summed E-state index contributed by atoms with van der Waals surface area (Å²) in [6.45, 7) is 5.15. The zero-order chi connectivity index (χ0) is 17.9. The first-order chi connectivity index (χ1) is 12.7. The molecule has 1 unspecified atom stereocenters. The molecule has 0 aliphatic carbocycles. The molecule has 1 aromatic carbocycles. The molecule has 1 fully saturated rings. The van der Waals surface area contributed by atoms with E-state index in [0.717, 1.165) is 50.0 Å². The fourth-order valence-electron chi connectivity index (χ4n) is 3.63. The van der Waals surface area contributed by atoms with Crippen LogP contribution in [0.15, 0.2) is 42.7 Å². The molecule has 1 aliphatic rings. The molecule has 0 saturated carbocycles. The van der Waals surface area contributed by atoms with Gasteiger partial charge in [-0.1, -0.05) is 6.92 Å². The molecule has 1 aliphatic heterocycles. The molecule has 0 spiro atoms. The van der Waals surface area contributed by atoms with E-state index in [-0.39, 0.29) is 5.91 Å². The number of carbonyl (C=O) groups is 1. The summed E-state index contributed by atoms with van der Waals surface area (Å²) in [5.74, 6) is -0.167. The third kappa shape index (κ3) is 3.37. The summed E-state index contributed by atoms with van der Waals surface area (Å²) in [7, 11) is 0. The molecule has 2 aromatic heterocycles. The van der Waals surface area contributed by atoms with Crippen LogP contribution in [-0.4, -0.2) is 33.3 Å². The van der Waals surface area contributed by atoms with Crippen LogP contribution >= 0.6 is 0 Å². The molecule has 136 valence electrons. The molecular weight excluding hydrogens is 326 g/mol. The van der Waals surface area contributed by atoms with Crippen molar-refractivity contribution in [1.82, 2.24) is 19.7 Å². The first kappa shape index (κ1) is 16.8. The highest BCUT2D eigenvalue weighted by Gasteiger charge is 2.18. The van der Waals surface area contributed by atoms with E-state index in [9.17, 15) is 4.79 Å². The van der Waals surface area contributed by atoms with Gasteiger partial charge in [-0.3, -0.25) is 9.48 Å². The van der Waals surface area contributed by atoms with Gasteiger partial charge in [-0.25, -0.2) is 0 Å². The van der Waals surface area contributed by atoms with Crippen molar-refractivity contribution in [2.75, 3.05) is 18.4 Å². The zero-order valence-corrected chi connectivity index (χ0v) is 15.1. The second kappa shape index (κ2) is 7.33. The summed E-state index contributed by atoms with van der Waals surface area (Å²) in [5, 5.41) is 12.0. The van der Waals surface area contributed by atoms with Crippen LogP contribution in [0.4, 0.5) is 5.69 Å². The third-order valence-corrected chi connectivity index (χ3v) is 4.98.